The van der Waals surface area contributed by atoms with Gasteiger partial charge in [0.05, 0.1) is 65.6 Å². The predicted molar refractivity (Wildman–Crippen MR) is 310 cm³/mol. The zero-order valence-electron chi connectivity index (χ0n) is 54.8. The molecule has 10 aliphatic rings. The zero-order valence-corrected chi connectivity index (χ0v) is 54.8. The van der Waals surface area contributed by atoms with Crippen LogP contribution in [0.3, 0.4) is 0 Å². The van der Waals surface area contributed by atoms with Gasteiger partial charge in [0.25, 0.3) is 0 Å². The van der Waals surface area contributed by atoms with Crippen LogP contribution in [-0.4, -0.2) is 491 Å². The van der Waals surface area contributed by atoms with Crippen LogP contribution in [0.1, 0.15) is 6.92 Å². The average molecular weight is 1530 g/mol. The third-order valence-electron chi connectivity index (χ3n) is 19.6. The van der Waals surface area contributed by atoms with Gasteiger partial charge in [-0.15, -0.1) is 0 Å². The van der Waals surface area contributed by atoms with E-state index in [0.29, 0.717) is 0 Å². The molecule has 0 aromatic heterocycles. The van der Waals surface area contributed by atoms with E-state index in [4.69, 9.17) is 90.0 Å². The van der Waals surface area contributed by atoms with Crippen molar-refractivity contribution >= 4 is 0 Å². The lowest BCUT2D eigenvalue weighted by Gasteiger charge is -2.49. The molecule has 0 spiro atoms. The minimum Gasteiger partial charge on any atom is -0.394 e. The van der Waals surface area contributed by atoms with E-state index in [2.05, 4.69) is 0 Å². The van der Waals surface area contributed by atoms with E-state index in [1.54, 1.807) is 0 Å². The zero-order chi connectivity index (χ0) is 75.9. The molecule has 104 heavy (non-hydrogen) atoms. The van der Waals surface area contributed by atoms with Gasteiger partial charge in [-0.25, -0.2) is 0 Å². The lowest BCUT2D eigenvalue weighted by Crippen LogP contribution is -2.67. The number of aliphatic hydroxyl groups is 28. The van der Waals surface area contributed by atoms with Crippen LogP contribution in [-0.2, 0) is 90.0 Å². The Labute approximate surface area is 587 Å². The summed E-state index contributed by atoms with van der Waals surface area (Å²) < 4.78 is 108. The molecule has 0 saturated carbocycles. The molecule has 0 radical (unpaired) electrons. The topological polar surface area (TPSA) is 742 Å². The quantitative estimate of drug-likeness (QED) is 0.0427. The van der Waals surface area contributed by atoms with Crippen molar-refractivity contribution in [3.8, 4) is 0 Å². The minimum atomic E-state index is -2.38. The molecule has 47 atom stereocenters. The van der Waals surface area contributed by atoms with Crippen molar-refractivity contribution in [3.05, 3.63) is 0 Å². The SMILES string of the molecule is CC1OC(OC2C(OC3C(OCC4OC(OC5C(CO)OC(O)C(O)C5O)C(O)C(O)C4OC4OC(COC5OCC(O)C(O)C5OC5OC(CO)C(OC6OC(COC7OCC(O)C(O)C7O)C(O)C(O)C6O)C(O)C5O)C(O)C(O)C4O)OCC(O)C3O)OC(CO)C(O)C2O)C(O)C(O)C1O. The molecule has 47 heteroatoms. The van der Waals surface area contributed by atoms with E-state index in [0.717, 1.165) is 0 Å². The molecule has 0 bridgehead atoms. The van der Waals surface area contributed by atoms with E-state index in [1.807, 2.05) is 0 Å². The van der Waals surface area contributed by atoms with Gasteiger partial charge in [0, 0.05) is 0 Å². The second-order valence-corrected chi connectivity index (χ2v) is 26.8. The van der Waals surface area contributed by atoms with E-state index < -0.39 is 348 Å². The van der Waals surface area contributed by atoms with Gasteiger partial charge in [-0.1, -0.05) is 0 Å². The molecule has 10 aliphatic heterocycles. The summed E-state index contributed by atoms with van der Waals surface area (Å²) in [7, 11) is 0. The molecule has 606 valence electrons. The maximum Gasteiger partial charge on any atom is 0.187 e. The van der Waals surface area contributed by atoms with Crippen molar-refractivity contribution in [1.29, 1.82) is 0 Å². The summed E-state index contributed by atoms with van der Waals surface area (Å²) in [6, 6.07) is 0. The van der Waals surface area contributed by atoms with Crippen LogP contribution in [0.15, 0.2) is 0 Å². The molecule has 0 aliphatic carbocycles. The fraction of sp³-hybridized carbons (Fsp3) is 1.00. The highest BCUT2D eigenvalue weighted by Gasteiger charge is 2.59. The van der Waals surface area contributed by atoms with Crippen molar-refractivity contribution < 1.29 is 233 Å². The van der Waals surface area contributed by atoms with E-state index in [9.17, 15) is 143 Å². The van der Waals surface area contributed by atoms with Crippen molar-refractivity contribution in [1.82, 2.24) is 0 Å². The van der Waals surface area contributed by atoms with Crippen LogP contribution in [0.5, 0.6) is 0 Å². The Hall–Kier alpha value is -1.88. The maximum absolute atomic E-state index is 12.0. The van der Waals surface area contributed by atoms with Gasteiger partial charge < -0.3 is 233 Å². The summed E-state index contributed by atoms with van der Waals surface area (Å²) in [5.74, 6) is 0. The molecular formula is C57H96O47. The van der Waals surface area contributed by atoms with Crippen LogP contribution < -0.4 is 0 Å². The Balaban J connectivity index is 0.834. The van der Waals surface area contributed by atoms with Crippen LogP contribution in [0, 0.1) is 0 Å². The number of hydrogen-bond acceptors (Lipinski definition) is 47. The first-order valence-corrected chi connectivity index (χ1v) is 33.3. The first-order chi connectivity index (χ1) is 49.2. The average Bonchev–Trinajstić information content (AvgIpc) is 0.764. The van der Waals surface area contributed by atoms with Gasteiger partial charge >= 0.3 is 0 Å². The van der Waals surface area contributed by atoms with Gasteiger partial charge in [0.2, 0.25) is 0 Å². The summed E-state index contributed by atoms with van der Waals surface area (Å²) >= 11 is 0. The smallest absolute Gasteiger partial charge is 0.187 e. The highest BCUT2D eigenvalue weighted by Crippen LogP contribution is 2.39. The molecule has 0 aromatic carbocycles. The maximum atomic E-state index is 12.0. The third kappa shape index (κ3) is 17.9. The molecule has 47 nitrogen and oxygen atoms in total. The first kappa shape index (κ1) is 84.6. The molecule has 0 aromatic rings. The van der Waals surface area contributed by atoms with Crippen LogP contribution in [0.25, 0.3) is 0 Å². The lowest BCUT2D eigenvalue weighted by molar-refractivity contribution is -0.395. The standard InChI is InChI=1S/C57H96O47/c1-11-21(64)28(71)37(80)50(92-11)103-47-31(74)25(68)15(2-58)94-57(47)104-46-24(67)14(63)7-88-56(46)91-10-20-44(34(77)41(84)54(98-20)99-42-16(3-59)93-48(85)35(78)32(42)75)101-52-39(82)30(73)27(70)19(97-52)9-90-55-45(23(66)13(62)6-87-55)102-53-40(83)33(76)43(17(4-60)95-53)100-51-38(81)29(72)26(69)18(96-51)8-89-49-36(79)22(65)12(61)5-86-49/h11-85H,2-10H2,1H3. The van der Waals surface area contributed by atoms with Gasteiger partial charge in [-0.2, -0.15) is 0 Å². The monoisotopic (exact) mass is 1530 g/mol. The number of hydrogen-bond donors (Lipinski definition) is 28. The van der Waals surface area contributed by atoms with Crippen molar-refractivity contribution in [3.63, 3.8) is 0 Å². The van der Waals surface area contributed by atoms with Crippen molar-refractivity contribution in [2.75, 3.05) is 59.5 Å². The predicted octanol–water partition coefficient (Wildman–Crippen LogP) is -19.9. The normalized spacial score (nSPS) is 54.4. The third-order valence-corrected chi connectivity index (χ3v) is 19.6. The molecule has 28 N–H and O–H groups in total. The molecule has 10 saturated heterocycles. The second-order valence-electron chi connectivity index (χ2n) is 26.8. The Kier molecular flexibility index (Phi) is 29.5. The molecule has 47 unspecified atom stereocenters. The Morgan fingerprint density at radius 2 is 0.519 bits per heavy atom. The van der Waals surface area contributed by atoms with Gasteiger partial charge in [0.15, 0.2) is 62.9 Å². The van der Waals surface area contributed by atoms with E-state index in [-0.39, 0.29) is 0 Å². The molecular weight excluding hydrogens is 1440 g/mol. The number of ether oxygens (including phenoxy) is 19. The van der Waals surface area contributed by atoms with Crippen LogP contribution in [0.4, 0.5) is 0 Å². The highest BCUT2D eigenvalue weighted by atomic mass is 16.8. The summed E-state index contributed by atoms with van der Waals surface area (Å²) in [5, 5.41) is 304. The second kappa shape index (κ2) is 36.3. The highest BCUT2D eigenvalue weighted by molar-refractivity contribution is 5.01. The summed E-state index contributed by atoms with van der Waals surface area (Å²) in [4.78, 5) is 0. The summed E-state index contributed by atoms with van der Waals surface area (Å²) in [6.45, 7) is -6.56. The molecule has 10 rings (SSSR count). The van der Waals surface area contributed by atoms with Gasteiger partial charge in [0.1, 0.15) is 220 Å². The fourth-order valence-electron chi connectivity index (χ4n) is 13.2. The minimum absolute atomic E-state index is 0.478. The number of aliphatic hydroxyl groups excluding tert-OH is 28. The fourth-order valence-corrected chi connectivity index (χ4v) is 13.2. The van der Waals surface area contributed by atoms with Crippen LogP contribution in [0.2, 0.25) is 0 Å². The molecule has 0 amide bonds. The Morgan fingerprint density at radius 3 is 0.981 bits per heavy atom. The lowest BCUT2D eigenvalue weighted by atomic mass is 9.96. The Bertz CT molecular complexity index is 2600. The Morgan fingerprint density at radius 1 is 0.231 bits per heavy atom. The van der Waals surface area contributed by atoms with Crippen molar-refractivity contribution in [2.24, 2.45) is 0 Å². The van der Waals surface area contributed by atoms with Crippen LogP contribution >= 0.6 is 0 Å². The van der Waals surface area contributed by atoms with Crippen molar-refractivity contribution in [2.45, 2.75) is 296 Å². The molecule has 10 fully saturated rings. The van der Waals surface area contributed by atoms with Gasteiger partial charge in [-0.3, -0.25) is 0 Å². The van der Waals surface area contributed by atoms with E-state index >= 15 is 0 Å². The largest absolute Gasteiger partial charge is 0.394 e. The number of rotatable bonds is 24. The summed E-state index contributed by atoms with van der Waals surface area (Å²) in [5.41, 5.74) is 0. The first-order valence-electron chi connectivity index (χ1n) is 33.3. The van der Waals surface area contributed by atoms with Gasteiger partial charge in [-0.05, 0) is 6.92 Å². The van der Waals surface area contributed by atoms with E-state index in [1.165, 1.54) is 6.92 Å². The molecule has 10 heterocycles. The summed E-state index contributed by atoms with van der Waals surface area (Å²) in [6.07, 6.45) is -92.9.